The van der Waals surface area contributed by atoms with Crippen molar-refractivity contribution >= 4 is 17.1 Å². The maximum atomic E-state index is 13.0. The Morgan fingerprint density at radius 3 is 2.78 bits per heavy atom. The van der Waals surface area contributed by atoms with Gasteiger partial charge in [0.1, 0.15) is 0 Å². The van der Waals surface area contributed by atoms with Gasteiger partial charge in [-0.25, -0.2) is 14.6 Å². The molecule has 27 heavy (non-hydrogen) atoms. The molecule has 0 aromatic carbocycles. The highest BCUT2D eigenvalue weighted by Gasteiger charge is 2.22. The summed E-state index contributed by atoms with van der Waals surface area (Å²) in [5.41, 5.74) is 0.896. The third kappa shape index (κ3) is 4.20. The first kappa shape index (κ1) is 19.5. The second kappa shape index (κ2) is 8.64. The number of pyridine rings is 1. The monoisotopic (exact) mass is 378 g/mol. The van der Waals surface area contributed by atoms with Crippen LogP contribution in [-0.2, 0) is 22.6 Å². The van der Waals surface area contributed by atoms with E-state index in [9.17, 15) is 14.7 Å². The molecule has 0 aliphatic carbocycles. The van der Waals surface area contributed by atoms with E-state index in [1.165, 1.54) is 12.3 Å². The summed E-state index contributed by atoms with van der Waals surface area (Å²) in [6.07, 6.45) is 1.29. The van der Waals surface area contributed by atoms with Gasteiger partial charge in [0.15, 0.2) is 5.65 Å². The van der Waals surface area contributed by atoms with Crippen LogP contribution in [0, 0.1) is 0 Å². The lowest BCUT2D eigenvalue weighted by atomic mass is 10.2. The lowest BCUT2D eigenvalue weighted by Crippen LogP contribution is -2.45. The summed E-state index contributed by atoms with van der Waals surface area (Å²) in [4.78, 5) is 30.9. The standard InChI is InChI=1S/C18H26N4O5/c1-3-26-9-6-21-16-15(10-14(11-19-16)17(23)24)22(18(21)25)12-13(2)20-4-7-27-8-5-20/h10-11,13H,3-9,12H2,1-2H3,(H,23,24). The summed E-state index contributed by atoms with van der Waals surface area (Å²) in [7, 11) is 0. The predicted molar refractivity (Wildman–Crippen MR) is 99.3 cm³/mol. The number of hydrogen-bond acceptors (Lipinski definition) is 6. The van der Waals surface area contributed by atoms with Gasteiger partial charge in [0.25, 0.3) is 0 Å². The third-order valence-electron chi connectivity index (χ3n) is 4.88. The number of nitrogens with zero attached hydrogens (tertiary/aromatic N) is 4. The number of morpholine rings is 1. The first-order valence-corrected chi connectivity index (χ1v) is 9.24. The van der Waals surface area contributed by atoms with Crippen molar-refractivity contribution in [2.45, 2.75) is 33.0 Å². The van der Waals surface area contributed by atoms with E-state index < -0.39 is 5.97 Å². The Morgan fingerprint density at radius 1 is 1.37 bits per heavy atom. The van der Waals surface area contributed by atoms with Gasteiger partial charge in [-0.3, -0.25) is 14.0 Å². The fourth-order valence-electron chi connectivity index (χ4n) is 3.38. The number of aromatic nitrogens is 3. The zero-order valence-electron chi connectivity index (χ0n) is 15.8. The van der Waals surface area contributed by atoms with Crippen molar-refractivity contribution < 1.29 is 19.4 Å². The molecule has 1 aliphatic heterocycles. The molecule has 1 fully saturated rings. The van der Waals surface area contributed by atoms with Gasteiger partial charge in [-0.05, 0) is 19.9 Å². The normalized spacial score (nSPS) is 16.7. The van der Waals surface area contributed by atoms with Crippen molar-refractivity contribution in [1.82, 2.24) is 19.0 Å². The topological polar surface area (TPSA) is 98.8 Å². The minimum absolute atomic E-state index is 0.0669. The van der Waals surface area contributed by atoms with E-state index in [2.05, 4.69) is 16.8 Å². The van der Waals surface area contributed by atoms with Crippen LogP contribution in [0.5, 0.6) is 0 Å². The van der Waals surface area contributed by atoms with E-state index >= 15 is 0 Å². The minimum atomic E-state index is -1.06. The van der Waals surface area contributed by atoms with E-state index in [-0.39, 0.29) is 17.3 Å². The van der Waals surface area contributed by atoms with Crippen molar-refractivity contribution in [1.29, 1.82) is 0 Å². The Morgan fingerprint density at radius 2 is 2.11 bits per heavy atom. The molecule has 9 heteroatoms. The van der Waals surface area contributed by atoms with E-state index in [1.54, 1.807) is 9.13 Å². The first-order valence-electron chi connectivity index (χ1n) is 9.24. The van der Waals surface area contributed by atoms with Gasteiger partial charge >= 0.3 is 11.7 Å². The van der Waals surface area contributed by atoms with Gasteiger partial charge in [-0.15, -0.1) is 0 Å². The maximum Gasteiger partial charge on any atom is 0.337 e. The summed E-state index contributed by atoms with van der Waals surface area (Å²) < 4.78 is 14.0. The molecule has 1 unspecified atom stereocenters. The van der Waals surface area contributed by atoms with E-state index in [4.69, 9.17) is 9.47 Å². The molecule has 1 N–H and O–H groups in total. The fourth-order valence-corrected chi connectivity index (χ4v) is 3.38. The van der Waals surface area contributed by atoms with E-state index in [0.717, 1.165) is 13.1 Å². The van der Waals surface area contributed by atoms with Crippen LogP contribution < -0.4 is 5.69 Å². The van der Waals surface area contributed by atoms with Crippen LogP contribution >= 0.6 is 0 Å². The van der Waals surface area contributed by atoms with Crippen LogP contribution in [0.2, 0.25) is 0 Å². The number of rotatable bonds is 8. The Balaban J connectivity index is 1.97. The molecule has 2 aromatic rings. The largest absolute Gasteiger partial charge is 0.478 e. The highest BCUT2D eigenvalue weighted by molar-refractivity contribution is 5.90. The summed E-state index contributed by atoms with van der Waals surface area (Å²) in [6, 6.07) is 1.64. The van der Waals surface area contributed by atoms with Gasteiger partial charge in [0.05, 0.1) is 37.4 Å². The molecule has 1 saturated heterocycles. The summed E-state index contributed by atoms with van der Waals surface area (Å²) in [5.74, 6) is -1.06. The van der Waals surface area contributed by atoms with Gasteiger partial charge in [-0.1, -0.05) is 0 Å². The van der Waals surface area contributed by atoms with Crippen molar-refractivity contribution in [2.75, 3.05) is 39.5 Å². The molecule has 3 rings (SSSR count). The number of carboxylic acids is 1. The Hall–Kier alpha value is -2.23. The number of ether oxygens (including phenoxy) is 2. The van der Waals surface area contributed by atoms with Crippen LogP contribution in [0.1, 0.15) is 24.2 Å². The molecule has 0 spiro atoms. The SMILES string of the molecule is CCOCCn1c(=O)n(CC(C)N2CCOCC2)c2cc(C(=O)O)cnc21. The number of hydrogen-bond donors (Lipinski definition) is 1. The second-order valence-electron chi connectivity index (χ2n) is 6.61. The van der Waals surface area contributed by atoms with Gasteiger partial charge in [-0.2, -0.15) is 0 Å². The van der Waals surface area contributed by atoms with Gasteiger partial charge < -0.3 is 14.6 Å². The van der Waals surface area contributed by atoms with E-state index in [0.29, 0.717) is 50.7 Å². The molecular formula is C18H26N4O5. The Kier molecular flexibility index (Phi) is 6.25. The maximum absolute atomic E-state index is 13.0. The number of aromatic carboxylic acids is 1. The molecule has 9 nitrogen and oxygen atoms in total. The average Bonchev–Trinajstić information content (AvgIpc) is 2.94. The third-order valence-corrected chi connectivity index (χ3v) is 4.88. The molecule has 0 radical (unpaired) electrons. The highest BCUT2D eigenvalue weighted by atomic mass is 16.5. The van der Waals surface area contributed by atoms with Crippen molar-refractivity contribution in [2.24, 2.45) is 0 Å². The lowest BCUT2D eigenvalue weighted by Gasteiger charge is -2.32. The lowest BCUT2D eigenvalue weighted by molar-refractivity contribution is 0.0169. The molecule has 3 heterocycles. The minimum Gasteiger partial charge on any atom is -0.478 e. The molecule has 0 amide bonds. The van der Waals surface area contributed by atoms with Gasteiger partial charge in [0.2, 0.25) is 0 Å². The highest BCUT2D eigenvalue weighted by Crippen LogP contribution is 2.15. The number of carboxylic acid groups (broad SMARTS) is 1. The summed E-state index contributed by atoms with van der Waals surface area (Å²) in [5, 5.41) is 9.29. The smallest absolute Gasteiger partial charge is 0.337 e. The quantitative estimate of drug-likeness (QED) is 0.674. The first-order chi connectivity index (χ1) is 13.0. The molecule has 148 valence electrons. The number of fused-ring (bicyclic) bond motifs is 1. The van der Waals surface area contributed by atoms with Crippen LogP contribution in [-0.4, -0.2) is 75.7 Å². The zero-order chi connectivity index (χ0) is 19.4. The summed E-state index contributed by atoms with van der Waals surface area (Å²) in [6.45, 7) is 8.76. The van der Waals surface area contributed by atoms with Crippen molar-refractivity contribution in [3.8, 4) is 0 Å². The fraction of sp³-hybridized carbons (Fsp3) is 0.611. The predicted octanol–water partition coefficient (Wildman–Crippen LogP) is 0.653. The van der Waals surface area contributed by atoms with Crippen molar-refractivity contribution in [3.63, 3.8) is 0 Å². The zero-order valence-corrected chi connectivity index (χ0v) is 15.8. The molecule has 0 saturated carbocycles. The molecule has 1 aliphatic rings. The summed E-state index contributed by atoms with van der Waals surface area (Å²) >= 11 is 0. The van der Waals surface area contributed by atoms with Crippen LogP contribution in [0.25, 0.3) is 11.2 Å². The number of imidazole rings is 1. The number of carbonyl (C=O) groups is 1. The van der Waals surface area contributed by atoms with Crippen molar-refractivity contribution in [3.05, 3.63) is 28.3 Å². The molecule has 0 bridgehead atoms. The second-order valence-corrected chi connectivity index (χ2v) is 6.61. The average molecular weight is 378 g/mol. The Bertz CT molecular complexity index is 853. The van der Waals surface area contributed by atoms with E-state index in [1.807, 2.05) is 6.92 Å². The molecule has 1 atom stereocenters. The van der Waals surface area contributed by atoms with Gasteiger partial charge in [0, 0.05) is 38.5 Å². The van der Waals surface area contributed by atoms with Crippen LogP contribution in [0.4, 0.5) is 0 Å². The van der Waals surface area contributed by atoms with Crippen LogP contribution in [0.15, 0.2) is 17.1 Å². The molecular weight excluding hydrogens is 352 g/mol. The Labute approximate surface area is 157 Å². The molecule has 2 aromatic heterocycles. The van der Waals surface area contributed by atoms with Crippen LogP contribution in [0.3, 0.4) is 0 Å².